The third-order valence-electron chi connectivity index (χ3n) is 2.56. The molecule has 4 heteroatoms. The zero-order valence-electron chi connectivity index (χ0n) is 10.3. The van der Waals surface area contributed by atoms with Crippen molar-refractivity contribution in [3.05, 3.63) is 65.1 Å². The summed E-state index contributed by atoms with van der Waals surface area (Å²) in [6.45, 7) is 1.20. The molecule has 0 radical (unpaired) electrons. The van der Waals surface area contributed by atoms with E-state index in [1.807, 2.05) is 30.3 Å². The van der Waals surface area contributed by atoms with Gasteiger partial charge in [0.05, 0.1) is 0 Å². The van der Waals surface area contributed by atoms with E-state index in [9.17, 15) is 14.7 Å². The van der Waals surface area contributed by atoms with Crippen molar-refractivity contribution in [3.8, 4) is 0 Å². The molecule has 0 unspecified atom stereocenters. The molecular formula is C15H12O4. The van der Waals surface area contributed by atoms with Crippen molar-refractivity contribution in [3.63, 3.8) is 0 Å². The predicted octanol–water partition coefficient (Wildman–Crippen LogP) is 2.54. The molecule has 2 rings (SSSR count). The molecule has 96 valence electrons. The minimum absolute atomic E-state index is 0.0117. The monoisotopic (exact) mass is 256 g/mol. The molecule has 0 spiro atoms. The van der Waals surface area contributed by atoms with Gasteiger partial charge in [0.1, 0.15) is 5.57 Å². The number of esters is 1. The van der Waals surface area contributed by atoms with Crippen molar-refractivity contribution in [2.75, 3.05) is 0 Å². The van der Waals surface area contributed by atoms with Gasteiger partial charge in [-0.3, -0.25) is 4.79 Å². The standard InChI is InChI=1S/C15H12O4/c1-10(16)13-14(17)12(19-15(13)18)9-5-8-11-6-3-2-4-7-11/h2-9,17H,1H3/b8-5+,12-9+. The van der Waals surface area contributed by atoms with Gasteiger partial charge in [0.2, 0.25) is 0 Å². The molecule has 1 aliphatic rings. The van der Waals surface area contributed by atoms with Crippen LogP contribution in [0.2, 0.25) is 0 Å². The number of carbonyl (C=O) groups excluding carboxylic acids is 2. The lowest BCUT2D eigenvalue weighted by Crippen LogP contribution is -2.06. The Bertz CT molecular complexity index is 606. The summed E-state index contributed by atoms with van der Waals surface area (Å²) in [5.74, 6) is -1.75. The third kappa shape index (κ3) is 2.80. The van der Waals surface area contributed by atoms with E-state index in [1.54, 1.807) is 12.2 Å². The number of hydrogen-bond donors (Lipinski definition) is 1. The third-order valence-corrected chi connectivity index (χ3v) is 2.56. The first-order chi connectivity index (χ1) is 9.09. The Kier molecular flexibility index (Phi) is 3.61. The van der Waals surface area contributed by atoms with Crippen LogP contribution < -0.4 is 0 Å². The van der Waals surface area contributed by atoms with E-state index < -0.39 is 17.5 Å². The van der Waals surface area contributed by atoms with E-state index in [1.165, 1.54) is 13.0 Å². The van der Waals surface area contributed by atoms with Gasteiger partial charge in [-0.2, -0.15) is 0 Å². The lowest BCUT2D eigenvalue weighted by Gasteiger charge is -1.94. The number of allylic oxidation sites excluding steroid dienone is 2. The van der Waals surface area contributed by atoms with E-state index in [-0.39, 0.29) is 11.3 Å². The highest BCUT2D eigenvalue weighted by molar-refractivity contribution is 6.19. The van der Waals surface area contributed by atoms with Crippen LogP contribution in [-0.2, 0) is 14.3 Å². The average molecular weight is 256 g/mol. The van der Waals surface area contributed by atoms with Crippen LogP contribution in [0.25, 0.3) is 6.08 Å². The SMILES string of the molecule is CC(=O)C1=C(O)/C(=C\C=C\c2ccccc2)OC1=O. The maximum atomic E-state index is 11.3. The van der Waals surface area contributed by atoms with Gasteiger partial charge in [-0.15, -0.1) is 0 Å². The molecule has 0 saturated heterocycles. The van der Waals surface area contributed by atoms with Gasteiger partial charge in [0.25, 0.3) is 0 Å². The van der Waals surface area contributed by atoms with Gasteiger partial charge < -0.3 is 9.84 Å². The van der Waals surface area contributed by atoms with Crippen LogP contribution in [0, 0.1) is 0 Å². The number of ether oxygens (including phenoxy) is 1. The molecule has 0 fully saturated rings. The Hall–Kier alpha value is -2.62. The summed E-state index contributed by atoms with van der Waals surface area (Å²) in [4.78, 5) is 22.5. The highest BCUT2D eigenvalue weighted by Gasteiger charge is 2.32. The molecule has 1 aromatic carbocycles. The first kappa shape index (κ1) is 12.8. The molecule has 1 N–H and O–H groups in total. The Morgan fingerprint density at radius 3 is 2.53 bits per heavy atom. The molecule has 0 amide bonds. The number of aliphatic hydroxyl groups excluding tert-OH is 1. The molecule has 1 aromatic rings. The second-order valence-corrected chi connectivity index (χ2v) is 3.97. The first-order valence-corrected chi connectivity index (χ1v) is 5.69. The van der Waals surface area contributed by atoms with E-state index in [4.69, 9.17) is 4.74 Å². The molecule has 19 heavy (non-hydrogen) atoms. The fourth-order valence-electron chi connectivity index (χ4n) is 1.65. The summed E-state index contributed by atoms with van der Waals surface area (Å²) in [7, 11) is 0. The maximum Gasteiger partial charge on any atom is 0.351 e. The quantitative estimate of drug-likeness (QED) is 0.666. The fourth-order valence-corrected chi connectivity index (χ4v) is 1.65. The summed E-state index contributed by atoms with van der Waals surface area (Å²) in [5, 5.41) is 9.70. The van der Waals surface area contributed by atoms with Gasteiger partial charge in [-0.05, 0) is 18.6 Å². The molecule has 1 heterocycles. The van der Waals surface area contributed by atoms with Gasteiger partial charge in [0, 0.05) is 0 Å². The van der Waals surface area contributed by atoms with Crippen molar-refractivity contribution in [2.45, 2.75) is 6.92 Å². The molecule has 1 aliphatic heterocycles. The van der Waals surface area contributed by atoms with E-state index >= 15 is 0 Å². The molecular weight excluding hydrogens is 244 g/mol. The van der Waals surface area contributed by atoms with Crippen LogP contribution in [0.3, 0.4) is 0 Å². The lowest BCUT2D eigenvalue weighted by atomic mass is 10.1. The predicted molar refractivity (Wildman–Crippen MR) is 70.0 cm³/mol. The number of carbonyl (C=O) groups is 2. The summed E-state index contributed by atoms with van der Waals surface area (Å²) >= 11 is 0. The van der Waals surface area contributed by atoms with Crippen LogP contribution in [0.5, 0.6) is 0 Å². The van der Waals surface area contributed by atoms with Gasteiger partial charge in [0.15, 0.2) is 17.3 Å². The van der Waals surface area contributed by atoms with E-state index in [0.29, 0.717) is 0 Å². The van der Waals surface area contributed by atoms with Crippen LogP contribution >= 0.6 is 0 Å². The summed E-state index contributed by atoms with van der Waals surface area (Å²) in [6.07, 6.45) is 4.87. The number of cyclic esters (lactones) is 1. The second-order valence-electron chi connectivity index (χ2n) is 3.97. The largest absolute Gasteiger partial charge is 0.504 e. The topological polar surface area (TPSA) is 63.6 Å². The molecule has 0 bridgehead atoms. The highest BCUT2D eigenvalue weighted by atomic mass is 16.6. The number of benzene rings is 1. The normalized spacial score (nSPS) is 17.3. The number of hydrogen-bond acceptors (Lipinski definition) is 4. The van der Waals surface area contributed by atoms with Crippen LogP contribution in [-0.4, -0.2) is 16.9 Å². The highest BCUT2D eigenvalue weighted by Crippen LogP contribution is 2.24. The van der Waals surface area contributed by atoms with Crippen LogP contribution in [0.15, 0.2) is 59.6 Å². The number of ketones is 1. The first-order valence-electron chi connectivity index (χ1n) is 5.69. The zero-order valence-corrected chi connectivity index (χ0v) is 10.3. The van der Waals surface area contributed by atoms with Gasteiger partial charge in [-0.25, -0.2) is 4.79 Å². The minimum Gasteiger partial charge on any atom is -0.504 e. The number of Topliss-reactive ketones (excluding diaryl/α,β-unsaturated/α-hetero) is 1. The van der Waals surface area contributed by atoms with Crippen molar-refractivity contribution >= 4 is 17.8 Å². The zero-order chi connectivity index (χ0) is 13.8. The van der Waals surface area contributed by atoms with Gasteiger partial charge in [-0.1, -0.05) is 42.5 Å². The van der Waals surface area contributed by atoms with Crippen LogP contribution in [0.4, 0.5) is 0 Å². The summed E-state index contributed by atoms with van der Waals surface area (Å²) in [5.41, 5.74) is 0.665. The average Bonchev–Trinajstić information content (AvgIpc) is 2.66. The molecule has 4 nitrogen and oxygen atoms in total. The Morgan fingerprint density at radius 1 is 1.26 bits per heavy atom. The molecule has 0 saturated carbocycles. The summed E-state index contributed by atoms with van der Waals surface area (Å²) < 4.78 is 4.81. The Balaban J connectivity index is 2.20. The smallest absolute Gasteiger partial charge is 0.351 e. The molecule has 0 aliphatic carbocycles. The maximum absolute atomic E-state index is 11.3. The van der Waals surface area contributed by atoms with Crippen LogP contribution in [0.1, 0.15) is 12.5 Å². The lowest BCUT2D eigenvalue weighted by molar-refractivity contribution is -0.134. The minimum atomic E-state index is -0.815. The van der Waals surface area contributed by atoms with Crippen molar-refractivity contribution in [2.24, 2.45) is 0 Å². The summed E-state index contributed by atoms with van der Waals surface area (Å²) in [6, 6.07) is 9.52. The van der Waals surface area contributed by atoms with E-state index in [2.05, 4.69) is 0 Å². The van der Waals surface area contributed by atoms with E-state index in [0.717, 1.165) is 5.56 Å². The second kappa shape index (κ2) is 5.35. The molecule has 0 atom stereocenters. The molecule has 0 aromatic heterocycles. The Morgan fingerprint density at radius 2 is 1.95 bits per heavy atom. The van der Waals surface area contributed by atoms with Crippen molar-refractivity contribution < 1.29 is 19.4 Å². The number of rotatable bonds is 3. The van der Waals surface area contributed by atoms with Crippen molar-refractivity contribution in [1.82, 2.24) is 0 Å². The van der Waals surface area contributed by atoms with Crippen molar-refractivity contribution in [1.29, 1.82) is 0 Å². The number of aliphatic hydroxyl groups is 1. The Labute approximate surface area is 110 Å². The fraction of sp³-hybridized carbons (Fsp3) is 0.0667. The van der Waals surface area contributed by atoms with Gasteiger partial charge >= 0.3 is 5.97 Å².